The van der Waals surface area contributed by atoms with Gasteiger partial charge >= 0.3 is 12.0 Å². The van der Waals surface area contributed by atoms with E-state index in [4.69, 9.17) is 0 Å². The average Bonchev–Trinajstić information content (AvgIpc) is 3.19. The molecule has 0 bridgehead atoms. The first-order valence-electron chi connectivity index (χ1n) is 7.57. The number of amides is 2. The standard InChI is InChI=1S/C15H28N2O3/c1-5-14(6-2,12(18)19)9-16-13(20)17-10-15(7-8-15)11(3)4/h11H,5-10H2,1-4H3,(H,18,19)(H2,16,17,20). The van der Waals surface area contributed by atoms with Crippen LogP contribution in [0.5, 0.6) is 0 Å². The van der Waals surface area contributed by atoms with Crippen molar-refractivity contribution in [2.75, 3.05) is 13.1 Å². The van der Waals surface area contributed by atoms with Gasteiger partial charge in [0.2, 0.25) is 0 Å². The molecule has 1 rings (SSSR count). The van der Waals surface area contributed by atoms with Crippen LogP contribution in [0.2, 0.25) is 0 Å². The molecule has 0 aromatic carbocycles. The van der Waals surface area contributed by atoms with Crippen molar-refractivity contribution in [2.24, 2.45) is 16.7 Å². The molecule has 5 nitrogen and oxygen atoms in total. The second kappa shape index (κ2) is 6.46. The number of hydrogen-bond acceptors (Lipinski definition) is 2. The highest BCUT2D eigenvalue weighted by atomic mass is 16.4. The summed E-state index contributed by atoms with van der Waals surface area (Å²) in [6.45, 7) is 8.89. The van der Waals surface area contributed by atoms with Gasteiger partial charge in [-0.25, -0.2) is 4.79 Å². The molecular weight excluding hydrogens is 256 g/mol. The lowest BCUT2D eigenvalue weighted by Crippen LogP contribution is -2.47. The van der Waals surface area contributed by atoms with Crippen molar-refractivity contribution in [1.82, 2.24) is 10.6 Å². The van der Waals surface area contributed by atoms with Crippen LogP contribution in [-0.2, 0) is 4.79 Å². The van der Waals surface area contributed by atoms with E-state index in [2.05, 4.69) is 24.5 Å². The Balaban J connectivity index is 2.41. The lowest BCUT2D eigenvalue weighted by Gasteiger charge is -2.27. The first kappa shape index (κ1) is 16.8. The van der Waals surface area contributed by atoms with E-state index in [1.165, 1.54) is 0 Å². The van der Waals surface area contributed by atoms with Crippen LogP contribution >= 0.6 is 0 Å². The Morgan fingerprint density at radius 1 is 1.20 bits per heavy atom. The van der Waals surface area contributed by atoms with Gasteiger partial charge in [0.15, 0.2) is 0 Å². The molecule has 0 aromatic heterocycles. The Labute approximate surface area is 121 Å². The predicted octanol–water partition coefficient (Wildman–Crippen LogP) is 2.61. The third-order valence-corrected chi connectivity index (χ3v) is 5.11. The molecule has 0 aliphatic heterocycles. The third-order valence-electron chi connectivity index (χ3n) is 5.11. The summed E-state index contributed by atoms with van der Waals surface area (Å²) in [5, 5.41) is 14.9. The summed E-state index contributed by atoms with van der Waals surface area (Å²) in [5.41, 5.74) is -0.594. The molecule has 0 saturated heterocycles. The molecule has 1 aliphatic carbocycles. The highest BCUT2D eigenvalue weighted by Crippen LogP contribution is 2.51. The molecule has 0 spiro atoms. The van der Waals surface area contributed by atoms with Crippen molar-refractivity contribution >= 4 is 12.0 Å². The lowest BCUT2D eigenvalue weighted by atomic mass is 9.82. The maximum absolute atomic E-state index is 11.8. The Bertz CT molecular complexity index is 358. The molecular formula is C15H28N2O3. The van der Waals surface area contributed by atoms with Crippen LogP contribution in [0.25, 0.3) is 0 Å². The molecule has 0 heterocycles. The Kier molecular flexibility index (Phi) is 5.42. The van der Waals surface area contributed by atoms with Gasteiger partial charge in [-0.15, -0.1) is 0 Å². The van der Waals surface area contributed by atoms with E-state index in [1.807, 2.05) is 13.8 Å². The number of carboxylic acid groups (broad SMARTS) is 1. The number of nitrogens with one attached hydrogen (secondary N) is 2. The van der Waals surface area contributed by atoms with Crippen molar-refractivity contribution in [3.8, 4) is 0 Å². The molecule has 0 unspecified atom stereocenters. The Morgan fingerprint density at radius 2 is 1.75 bits per heavy atom. The average molecular weight is 284 g/mol. The van der Waals surface area contributed by atoms with Crippen LogP contribution in [0.1, 0.15) is 53.4 Å². The number of urea groups is 1. The molecule has 20 heavy (non-hydrogen) atoms. The predicted molar refractivity (Wildman–Crippen MR) is 78.6 cm³/mol. The zero-order chi connectivity index (χ0) is 15.4. The zero-order valence-corrected chi connectivity index (χ0v) is 13.1. The maximum Gasteiger partial charge on any atom is 0.314 e. The van der Waals surface area contributed by atoms with E-state index >= 15 is 0 Å². The first-order valence-corrected chi connectivity index (χ1v) is 7.57. The van der Waals surface area contributed by atoms with Gasteiger partial charge in [0.25, 0.3) is 0 Å². The summed E-state index contributed by atoms with van der Waals surface area (Å²) >= 11 is 0. The van der Waals surface area contributed by atoms with E-state index in [0.717, 1.165) is 12.8 Å². The van der Waals surface area contributed by atoms with Crippen molar-refractivity contribution in [3.63, 3.8) is 0 Å². The van der Waals surface area contributed by atoms with Gasteiger partial charge in [-0.05, 0) is 37.0 Å². The first-order chi connectivity index (χ1) is 9.32. The van der Waals surface area contributed by atoms with Gasteiger partial charge < -0.3 is 15.7 Å². The SMILES string of the molecule is CCC(CC)(CNC(=O)NCC1(C(C)C)CC1)C(=O)O. The third kappa shape index (κ3) is 3.64. The minimum Gasteiger partial charge on any atom is -0.481 e. The largest absolute Gasteiger partial charge is 0.481 e. The van der Waals surface area contributed by atoms with Gasteiger partial charge in [-0.3, -0.25) is 4.79 Å². The van der Waals surface area contributed by atoms with Crippen molar-refractivity contribution < 1.29 is 14.7 Å². The molecule has 1 saturated carbocycles. The molecule has 5 heteroatoms. The summed E-state index contributed by atoms with van der Waals surface area (Å²) in [5.74, 6) is -0.282. The number of hydrogen-bond donors (Lipinski definition) is 3. The number of carboxylic acids is 1. The molecule has 0 aromatic rings. The van der Waals surface area contributed by atoms with Crippen LogP contribution in [0.15, 0.2) is 0 Å². The van der Waals surface area contributed by atoms with E-state index in [0.29, 0.717) is 25.3 Å². The quantitative estimate of drug-likeness (QED) is 0.641. The summed E-state index contributed by atoms with van der Waals surface area (Å²) in [6.07, 6.45) is 3.34. The normalized spacial score (nSPS) is 16.9. The fraction of sp³-hybridized carbons (Fsp3) is 0.867. The van der Waals surface area contributed by atoms with E-state index in [1.54, 1.807) is 0 Å². The van der Waals surface area contributed by atoms with Crippen LogP contribution < -0.4 is 10.6 Å². The van der Waals surface area contributed by atoms with E-state index < -0.39 is 11.4 Å². The second-order valence-corrected chi connectivity index (χ2v) is 6.35. The lowest BCUT2D eigenvalue weighted by molar-refractivity contribution is -0.149. The van der Waals surface area contributed by atoms with Gasteiger partial charge in [0.05, 0.1) is 5.41 Å². The van der Waals surface area contributed by atoms with Crippen LogP contribution in [-0.4, -0.2) is 30.2 Å². The summed E-state index contributed by atoms with van der Waals surface area (Å²) in [6, 6.07) is -0.260. The molecule has 116 valence electrons. The highest BCUT2D eigenvalue weighted by molar-refractivity contribution is 5.78. The smallest absolute Gasteiger partial charge is 0.314 e. The fourth-order valence-corrected chi connectivity index (χ4v) is 2.57. The molecule has 3 N–H and O–H groups in total. The van der Waals surface area contributed by atoms with Crippen LogP contribution in [0.4, 0.5) is 4.79 Å². The number of carbonyl (C=O) groups is 2. The van der Waals surface area contributed by atoms with Gasteiger partial charge in [0, 0.05) is 13.1 Å². The number of aliphatic carboxylic acids is 1. The summed E-state index contributed by atoms with van der Waals surface area (Å²) < 4.78 is 0. The summed E-state index contributed by atoms with van der Waals surface area (Å²) in [4.78, 5) is 23.2. The topological polar surface area (TPSA) is 78.4 Å². The van der Waals surface area contributed by atoms with Crippen molar-refractivity contribution in [1.29, 1.82) is 0 Å². The Morgan fingerprint density at radius 3 is 2.10 bits per heavy atom. The Hall–Kier alpha value is -1.26. The van der Waals surface area contributed by atoms with Crippen LogP contribution in [0, 0.1) is 16.7 Å². The van der Waals surface area contributed by atoms with E-state index in [-0.39, 0.29) is 18.0 Å². The molecule has 0 atom stereocenters. The molecule has 0 radical (unpaired) electrons. The van der Waals surface area contributed by atoms with E-state index in [9.17, 15) is 14.7 Å². The van der Waals surface area contributed by atoms with Gasteiger partial charge in [-0.2, -0.15) is 0 Å². The minimum atomic E-state index is -0.855. The van der Waals surface area contributed by atoms with Gasteiger partial charge in [0.1, 0.15) is 0 Å². The highest BCUT2D eigenvalue weighted by Gasteiger charge is 2.45. The fourth-order valence-electron chi connectivity index (χ4n) is 2.57. The molecule has 1 aliphatic rings. The van der Waals surface area contributed by atoms with Crippen molar-refractivity contribution in [3.05, 3.63) is 0 Å². The number of rotatable bonds is 8. The number of carbonyl (C=O) groups excluding carboxylic acids is 1. The second-order valence-electron chi connectivity index (χ2n) is 6.35. The monoisotopic (exact) mass is 284 g/mol. The molecule has 2 amide bonds. The molecule has 1 fully saturated rings. The summed E-state index contributed by atoms with van der Waals surface area (Å²) in [7, 11) is 0. The minimum absolute atomic E-state index is 0.176. The van der Waals surface area contributed by atoms with Gasteiger partial charge in [-0.1, -0.05) is 27.7 Å². The maximum atomic E-state index is 11.8. The zero-order valence-electron chi connectivity index (χ0n) is 13.1. The van der Waals surface area contributed by atoms with Crippen LogP contribution in [0.3, 0.4) is 0 Å². The van der Waals surface area contributed by atoms with Crippen molar-refractivity contribution in [2.45, 2.75) is 53.4 Å².